The molecule has 0 spiro atoms. The number of thiophene rings is 1. The van der Waals surface area contributed by atoms with Gasteiger partial charge in [0.15, 0.2) is 0 Å². The molecule has 60 heavy (non-hydrogen) atoms. The van der Waals surface area contributed by atoms with Crippen LogP contribution in [0.1, 0.15) is 28.2 Å². The third-order valence-electron chi connectivity index (χ3n) is 13.1. The Hall–Kier alpha value is -7.26. The highest BCUT2D eigenvalue weighted by Crippen LogP contribution is 2.53. The van der Waals surface area contributed by atoms with Gasteiger partial charge >= 0.3 is 0 Å². The monoisotopic (exact) mass is 780 g/mol. The molecule has 11 aromatic rings. The molecule has 2 atom stereocenters. The zero-order chi connectivity index (χ0) is 39.3. The summed E-state index contributed by atoms with van der Waals surface area (Å²) >= 11 is 1.88. The van der Waals surface area contributed by atoms with Crippen LogP contribution in [0.25, 0.3) is 91.5 Å². The minimum absolute atomic E-state index is 0.106. The molecule has 0 saturated heterocycles. The molecule has 9 aromatic carbocycles. The van der Waals surface area contributed by atoms with E-state index in [1.807, 2.05) is 11.3 Å². The molecule has 2 aliphatic rings. The molecule has 0 saturated carbocycles. The van der Waals surface area contributed by atoms with Crippen molar-refractivity contribution >= 4 is 80.6 Å². The molecule has 0 radical (unpaired) electrons. The first-order valence-electron chi connectivity index (χ1n) is 20.8. The third kappa shape index (κ3) is 4.92. The van der Waals surface area contributed by atoms with Crippen molar-refractivity contribution in [3.8, 4) is 22.3 Å². The maximum Gasteiger partial charge on any atom is 0.136 e. The smallest absolute Gasteiger partial charge is 0.136 e. The number of hydrogen-bond acceptors (Lipinski definition) is 2. The molecule has 2 aromatic heterocycles. The van der Waals surface area contributed by atoms with Crippen LogP contribution in [-0.4, -0.2) is 0 Å². The van der Waals surface area contributed by atoms with Crippen LogP contribution in [0.4, 0.5) is 0 Å². The fourth-order valence-electron chi connectivity index (χ4n) is 10.6. The second-order valence-corrected chi connectivity index (χ2v) is 17.3. The Balaban J connectivity index is 0.999. The largest absolute Gasteiger partial charge is 0.456 e. The Morgan fingerprint density at radius 3 is 1.87 bits per heavy atom. The highest BCUT2D eigenvalue weighted by molar-refractivity contribution is 7.25. The predicted molar refractivity (Wildman–Crippen MR) is 255 cm³/mol. The number of benzene rings is 9. The predicted octanol–water partition coefficient (Wildman–Crippen LogP) is 16.3. The van der Waals surface area contributed by atoms with Crippen molar-refractivity contribution in [3.63, 3.8) is 0 Å². The molecule has 1 nitrogen and oxygen atoms in total. The number of hydrogen-bond donors (Lipinski definition) is 0. The van der Waals surface area contributed by atoms with Crippen LogP contribution in [-0.2, 0) is 0 Å². The van der Waals surface area contributed by atoms with E-state index >= 15 is 0 Å². The van der Waals surface area contributed by atoms with E-state index in [4.69, 9.17) is 4.42 Å². The Bertz CT molecular complexity index is 3610. The molecule has 2 aliphatic carbocycles. The lowest BCUT2D eigenvalue weighted by Crippen LogP contribution is -2.23. The van der Waals surface area contributed by atoms with Crippen LogP contribution in [0.2, 0.25) is 0 Å². The summed E-state index contributed by atoms with van der Waals surface area (Å²) < 4.78 is 9.57. The second kappa shape index (κ2) is 13.1. The first kappa shape index (κ1) is 33.7. The molecule has 2 heteroatoms. The second-order valence-electron chi connectivity index (χ2n) is 16.2. The third-order valence-corrected chi connectivity index (χ3v) is 14.2. The van der Waals surface area contributed by atoms with Gasteiger partial charge in [-0.2, -0.15) is 0 Å². The van der Waals surface area contributed by atoms with Gasteiger partial charge in [-0.05, 0) is 114 Å². The van der Waals surface area contributed by atoms with Crippen molar-refractivity contribution in [1.29, 1.82) is 0 Å². The fourth-order valence-corrected chi connectivity index (χ4v) is 11.7. The summed E-state index contributed by atoms with van der Waals surface area (Å²) in [6.45, 7) is 0. The molecule has 0 amide bonds. The van der Waals surface area contributed by atoms with Crippen molar-refractivity contribution in [2.75, 3.05) is 0 Å². The molecule has 280 valence electrons. The van der Waals surface area contributed by atoms with Crippen LogP contribution in [0.15, 0.2) is 216 Å². The van der Waals surface area contributed by atoms with Crippen LogP contribution in [0, 0.1) is 5.92 Å². The Morgan fingerprint density at radius 1 is 0.417 bits per heavy atom. The van der Waals surface area contributed by atoms with Crippen LogP contribution < -0.4 is 0 Å². The van der Waals surface area contributed by atoms with Gasteiger partial charge in [-0.25, -0.2) is 0 Å². The lowest BCUT2D eigenvalue weighted by atomic mass is 9.66. The molecule has 2 heterocycles. The van der Waals surface area contributed by atoms with Gasteiger partial charge in [0.2, 0.25) is 0 Å². The van der Waals surface area contributed by atoms with Gasteiger partial charge in [-0.15, -0.1) is 11.3 Å². The Morgan fingerprint density at radius 2 is 1.07 bits per heavy atom. The maximum absolute atomic E-state index is 6.90. The minimum atomic E-state index is 0.106. The molecule has 2 unspecified atom stereocenters. The van der Waals surface area contributed by atoms with E-state index < -0.39 is 0 Å². The van der Waals surface area contributed by atoms with Crippen molar-refractivity contribution < 1.29 is 4.42 Å². The molecular formula is C58H36OS. The molecular weight excluding hydrogens is 745 g/mol. The standard InChI is InChI=1S/C58H36OS/c1-2-15-35(16-3-1)54-39-18-4-6-20-41(39)56(42-21-7-5-19-40(42)54)37-29-31-47-51(34-37)59-50-27-14-26-48(58(47)50)57-45-24-10-8-22-43(45)55(44-23-9-11-25-46(44)57)36-30-32-53-49(33-36)38-17-12-13-28-52(38)60-53/h1-34,45,57H. The van der Waals surface area contributed by atoms with Gasteiger partial charge in [0.05, 0.1) is 0 Å². The Kier molecular flexibility index (Phi) is 7.37. The quantitative estimate of drug-likeness (QED) is 0.162. The van der Waals surface area contributed by atoms with E-state index in [2.05, 4.69) is 206 Å². The van der Waals surface area contributed by atoms with Crippen molar-refractivity contribution in [3.05, 3.63) is 234 Å². The maximum atomic E-state index is 6.90. The van der Waals surface area contributed by atoms with E-state index in [0.29, 0.717) is 0 Å². The lowest BCUT2D eigenvalue weighted by molar-refractivity contribution is 0.649. The summed E-state index contributed by atoms with van der Waals surface area (Å²) in [7, 11) is 0. The number of fused-ring (bicyclic) bond motifs is 10. The van der Waals surface area contributed by atoms with Crippen LogP contribution >= 0.6 is 11.3 Å². The fraction of sp³-hybridized carbons (Fsp3) is 0.0345. The first-order chi connectivity index (χ1) is 29.8. The van der Waals surface area contributed by atoms with E-state index in [1.54, 1.807) is 0 Å². The Labute approximate surface area is 351 Å². The highest BCUT2D eigenvalue weighted by Gasteiger charge is 2.37. The highest BCUT2D eigenvalue weighted by atomic mass is 32.1. The van der Waals surface area contributed by atoms with Crippen LogP contribution in [0.3, 0.4) is 0 Å². The lowest BCUT2D eigenvalue weighted by Gasteiger charge is -2.37. The van der Waals surface area contributed by atoms with Crippen molar-refractivity contribution in [2.45, 2.75) is 5.92 Å². The van der Waals surface area contributed by atoms with E-state index in [1.165, 1.54) is 97.2 Å². The molecule has 0 bridgehead atoms. The number of rotatable bonds is 4. The van der Waals surface area contributed by atoms with Crippen molar-refractivity contribution in [2.24, 2.45) is 5.92 Å². The average molecular weight is 781 g/mol. The summed E-state index contributed by atoms with van der Waals surface area (Å²) in [6, 6.07) is 67.1. The summed E-state index contributed by atoms with van der Waals surface area (Å²) in [4.78, 5) is 0. The number of allylic oxidation sites excluding steroid dienone is 5. The zero-order valence-electron chi connectivity index (χ0n) is 32.6. The van der Waals surface area contributed by atoms with Gasteiger partial charge < -0.3 is 4.42 Å². The summed E-state index contributed by atoms with van der Waals surface area (Å²) in [5.41, 5.74) is 14.7. The van der Waals surface area contributed by atoms with Crippen LogP contribution in [0.5, 0.6) is 0 Å². The van der Waals surface area contributed by atoms with E-state index in [-0.39, 0.29) is 11.8 Å². The van der Waals surface area contributed by atoms with Gasteiger partial charge in [-0.3, -0.25) is 0 Å². The van der Waals surface area contributed by atoms with Gasteiger partial charge in [0, 0.05) is 42.8 Å². The summed E-state index contributed by atoms with van der Waals surface area (Å²) in [5.74, 6) is 0.264. The topological polar surface area (TPSA) is 13.1 Å². The van der Waals surface area contributed by atoms with E-state index in [9.17, 15) is 0 Å². The van der Waals surface area contributed by atoms with E-state index in [0.717, 1.165) is 22.1 Å². The minimum Gasteiger partial charge on any atom is -0.456 e. The molecule has 13 rings (SSSR count). The normalized spacial score (nSPS) is 16.1. The summed E-state index contributed by atoms with van der Waals surface area (Å²) in [5, 5.41) is 9.99. The number of furan rings is 1. The average Bonchev–Trinajstić information content (AvgIpc) is 3.88. The molecule has 0 aliphatic heterocycles. The van der Waals surface area contributed by atoms with Gasteiger partial charge in [0.1, 0.15) is 11.2 Å². The zero-order valence-corrected chi connectivity index (χ0v) is 33.4. The van der Waals surface area contributed by atoms with Crippen molar-refractivity contribution in [1.82, 2.24) is 0 Å². The molecule has 0 N–H and O–H groups in total. The van der Waals surface area contributed by atoms with Gasteiger partial charge in [-0.1, -0.05) is 170 Å². The van der Waals surface area contributed by atoms with Gasteiger partial charge in [0.25, 0.3) is 0 Å². The molecule has 0 fully saturated rings. The SMILES string of the molecule is C1=CC2=C(c3ccc4sc5ccccc5c4c3)c3ccccc3C(c3cccc4oc5cc(-c6c7ccccc7c(-c7ccccc7)c7ccccc67)ccc5c34)C2C=C1. The summed E-state index contributed by atoms with van der Waals surface area (Å²) in [6.07, 6.45) is 9.23. The first-order valence-corrected chi connectivity index (χ1v) is 21.6.